The third-order valence-corrected chi connectivity index (χ3v) is 6.11. The first-order valence-electron chi connectivity index (χ1n) is 9.49. The number of ether oxygens (including phenoxy) is 1. The lowest BCUT2D eigenvalue weighted by molar-refractivity contribution is -0.138. The molecule has 3 aliphatic rings. The largest absolute Gasteiger partial charge is 0.483 e. The first-order chi connectivity index (χ1) is 13.6. The van der Waals surface area contributed by atoms with Crippen molar-refractivity contribution in [1.29, 1.82) is 0 Å². The first kappa shape index (κ1) is 21.6. The van der Waals surface area contributed by atoms with E-state index in [4.69, 9.17) is 14.6 Å². The summed E-state index contributed by atoms with van der Waals surface area (Å²) < 4.78 is 46.1. The summed E-state index contributed by atoms with van der Waals surface area (Å²) in [5.41, 5.74) is -1.50. The Balaban J connectivity index is 0.000000755. The quantitative estimate of drug-likeness (QED) is 0.770. The highest BCUT2D eigenvalue weighted by Crippen LogP contribution is 2.55. The summed E-state index contributed by atoms with van der Waals surface area (Å²) in [6.45, 7) is 1.49. The van der Waals surface area contributed by atoms with Crippen LogP contribution in [0.5, 0.6) is 0 Å². The second-order valence-corrected chi connectivity index (χ2v) is 8.13. The summed E-state index contributed by atoms with van der Waals surface area (Å²) in [5, 5.41) is 6.89. The molecule has 1 amide bonds. The van der Waals surface area contributed by atoms with Crippen molar-refractivity contribution in [2.75, 3.05) is 33.7 Å². The van der Waals surface area contributed by atoms with Gasteiger partial charge in [-0.1, -0.05) is 12.1 Å². The molecular weight excluding hydrogens is 389 g/mol. The molecule has 160 valence electrons. The van der Waals surface area contributed by atoms with Gasteiger partial charge in [0.15, 0.2) is 0 Å². The number of rotatable bonds is 3. The van der Waals surface area contributed by atoms with Gasteiger partial charge in [-0.15, -0.1) is 0 Å². The van der Waals surface area contributed by atoms with Crippen molar-refractivity contribution >= 4 is 12.4 Å². The average Bonchev–Trinajstić information content (AvgIpc) is 3.30. The van der Waals surface area contributed by atoms with Gasteiger partial charge < -0.3 is 19.6 Å². The van der Waals surface area contributed by atoms with Gasteiger partial charge in [-0.25, -0.2) is 0 Å². The van der Waals surface area contributed by atoms with Crippen molar-refractivity contribution < 1.29 is 32.6 Å². The molecule has 2 bridgehead atoms. The Kier molecular flexibility index (Phi) is 5.91. The van der Waals surface area contributed by atoms with Gasteiger partial charge in [0, 0.05) is 24.9 Å². The van der Waals surface area contributed by atoms with Crippen molar-refractivity contribution in [3.05, 3.63) is 35.4 Å². The van der Waals surface area contributed by atoms with Crippen molar-refractivity contribution in [3.8, 4) is 0 Å². The van der Waals surface area contributed by atoms with Gasteiger partial charge in [-0.2, -0.15) is 13.2 Å². The number of carbonyl (C=O) groups excluding carboxylic acids is 1. The van der Waals surface area contributed by atoms with Gasteiger partial charge in [0.2, 0.25) is 0 Å². The Morgan fingerprint density at radius 1 is 1.38 bits per heavy atom. The summed E-state index contributed by atoms with van der Waals surface area (Å²) in [6.07, 6.45) is -2.47. The first-order valence-corrected chi connectivity index (χ1v) is 9.49. The van der Waals surface area contributed by atoms with Crippen LogP contribution in [-0.2, 0) is 15.7 Å². The number of alkyl halides is 3. The molecule has 3 saturated heterocycles. The molecule has 6 nitrogen and oxygen atoms in total. The molecule has 3 aliphatic heterocycles. The second-order valence-electron chi connectivity index (χ2n) is 8.13. The maximum absolute atomic E-state index is 13.3. The third-order valence-electron chi connectivity index (χ3n) is 6.11. The Labute approximate surface area is 167 Å². The van der Waals surface area contributed by atoms with E-state index in [1.807, 2.05) is 14.1 Å². The predicted octanol–water partition coefficient (Wildman–Crippen LogP) is 2.59. The van der Waals surface area contributed by atoms with Crippen LogP contribution in [0.1, 0.15) is 28.8 Å². The number of benzene rings is 1. The van der Waals surface area contributed by atoms with Crippen molar-refractivity contribution in [2.45, 2.75) is 30.7 Å². The number of hydrogen-bond acceptors (Lipinski definition) is 4. The number of likely N-dealkylation sites (tertiary alicyclic amines) is 1. The lowest BCUT2D eigenvalue weighted by atomic mass is 9.73. The summed E-state index contributed by atoms with van der Waals surface area (Å²) >= 11 is 0. The van der Waals surface area contributed by atoms with Gasteiger partial charge in [0.1, 0.15) is 0 Å². The summed E-state index contributed by atoms with van der Waals surface area (Å²) in [7, 11) is 4.02. The van der Waals surface area contributed by atoms with Crippen LogP contribution < -0.4 is 0 Å². The fourth-order valence-corrected chi connectivity index (χ4v) is 5.10. The van der Waals surface area contributed by atoms with Gasteiger partial charge in [0.25, 0.3) is 12.4 Å². The molecule has 3 fully saturated rings. The van der Waals surface area contributed by atoms with E-state index in [1.165, 1.54) is 18.2 Å². The highest BCUT2D eigenvalue weighted by atomic mass is 19.4. The SMILES string of the molecule is CN(C)C[C@H]1[C@H]2CN(C(=O)c3ccccc3C(F)(F)F)C[C@]23CC[C@H]1O3.O=CO. The Morgan fingerprint density at radius 2 is 2.03 bits per heavy atom. The van der Waals surface area contributed by atoms with Gasteiger partial charge in [-0.05, 0) is 39.1 Å². The zero-order valence-electron chi connectivity index (χ0n) is 16.4. The number of fused-ring (bicyclic) bond motifs is 1. The molecule has 0 radical (unpaired) electrons. The van der Waals surface area contributed by atoms with E-state index in [1.54, 1.807) is 4.90 Å². The highest BCUT2D eigenvalue weighted by molar-refractivity contribution is 5.96. The van der Waals surface area contributed by atoms with E-state index in [0.717, 1.165) is 25.5 Å². The van der Waals surface area contributed by atoms with Crippen LogP contribution in [0.15, 0.2) is 24.3 Å². The number of nitrogens with zero attached hydrogens (tertiary/aromatic N) is 2. The van der Waals surface area contributed by atoms with Crippen molar-refractivity contribution in [1.82, 2.24) is 9.80 Å². The lowest BCUT2D eigenvalue weighted by Gasteiger charge is -2.30. The molecular formula is C20H25F3N2O4. The van der Waals surface area contributed by atoms with Gasteiger partial charge in [-0.3, -0.25) is 9.59 Å². The normalized spacial score (nSPS) is 30.1. The van der Waals surface area contributed by atoms with Gasteiger partial charge >= 0.3 is 6.18 Å². The summed E-state index contributed by atoms with van der Waals surface area (Å²) in [6, 6.07) is 5.04. The van der Waals surface area contributed by atoms with Crippen LogP contribution in [0.3, 0.4) is 0 Å². The topological polar surface area (TPSA) is 70.1 Å². The minimum atomic E-state index is -4.54. The van der Waals surface area contributed by atoms with E-state index < -0.39 is 17.6 Å². The van der Waals surface area contributed by atoms with E-state index in [0.29, 0.717) is 19.0 Å². The Hall–Kier alpha value is -2.13. The van der Waals surface area contributed by atoms with E-state index >= 15 is 0 Å². The molecule has 0 saturated carbocycles. The lowest BCUT2D eigenvalue weighted by Crippen LogP contribution is -2.40. The molecule has 1 aromatic carbocycles. The number of carboxylic acid groups (broad SMARTS) is 1. The predicted molar refractivity (Wildman–Crippen MR) is 98.4 cm³/mol. The zero-order chi connectivity index (χ0) is 21.4. The van der Waals surface area contributed by atoms with Crippen molar-refractivity contribution in [3.63, 3.8) is 0 Å². The standard InChI is InChI=1S/C19H23F3N2O2.CH2O2/c1-23(2)9-13-15-10-24(11-18(15)8-7-16(13)26-18)17(25)12-5-3-4-6-14(12)19(20,21)22;2-1-3/h3-6,13,15-16H,7-11H2,1-2H3;1H,(H,2,3)/t13-,15+,16+,18+;/m0./s1. The van der Waals surface area contributed by atoms with Gasteiger partial charge in [0.05, 0.1) is 29.4 Å². The molecule has 29 heavy (non-hydrogen) atoms. The minimum Gasteiger partial charge on any atom is -0.483 e. The molecule has 4 atom stereocenters. The number of amides is 1. The van der Waals surface area contributed by atoms with E-state index in [-0.39, 0.29) is 29.7 Å². The second kappa shape index (κ2) is 7.95. The monoisotopic (exact) mass is 414 g/mol. The van der Waals surface area contributed by atoms with Crippen LogP contribution >= 0.6 is 0 Å². The molecule has 0 aliphatic carbocycles. The van der Waals surface area contributed by atoms with Crippen LogP contribution in [0.25, 0.3) is 0 Å². The summed E-state index contributed by atoms with van der Waals surface area (Å²) in [4.78, 5) is 25.0. The fourth-order valence-electron chi connectivity index (χ4n) is 5.10. The Morgan fingerprint density at radius 3 is 2.66 bits per heavy atom. The molecule has 1 N–H and O–H groups in total. The van der Waals surface area contributed by atoms with Crippen LogP contribution in [0.4, 0.5) is 13.2 Å². The summed E-state index contributed by atoms with van der Waals surface area (Å²) in [5.74, 6) is -0.0163. The van der Waals surface area contributed by atoms with E-state index in [9.17, 15) is 18.0 Å². The van der Waals surface area contributed by atoms with Crippen LogP contribution in [-0.4, -0.2) is 72.7 Å². The number of hydrogen-bond donors (Lipinski definition) is 1. The smallest absolute Gasteiger partial charge is 0.417 e. The molecule has 0 aromatic heterocycles. The number of halogens is 3. The van der Waals surface area contributed by atoms with E-state index in [2.05, 4.69) is 4.90 Å². The van der Waals surface area contributed by atoms with Crippen molar-refractivity contribution in [2.24, 2.45) is 11.8 Å². The Bertz CT molecular complexity index is 770. The fraction of sp³-hybridized carbons (Fsp3) is 0.600. The molecule has 4 rings (SSSR count). The van der Waals surface area contributed by atoms with Crippen LogP contribution in [0.2, 0.25) is 0 Å². The molecule has 1 aromatic rings. The molecule has 0 unspecified atom stereocenters. The maximum atomic E-state index is 13.3. The third kappa shape index (κ3) is 3.98. The molecule has 9 heteroatoms. The highest BCUT2D eigenvalue weighted by Gasteiger charge is 2.63. The van der Waals surface area contributed by atoms with Crippen LogP contribution in [0, 0.1) is 11.8 Å². The number of carbonyl (C=O) groups is 2. The minimum absolute atomic E-state index is 0.200. The molecule has 3 heterocycles. The average molecular weight is 414 g/mol. The zero-order valence-corrected chi connectivity index (χ0v) is 16.4. The maximum Gasteiger partial charge on any atom is 0.417 e. The molecule has 1 spiro atoms.